The molecule has 0 aliphatic heterocycles. The van der Waals surface area contributed by atoms with Gasteiger partial charge in [0.1, 0.15) is 0 Å². The Morgan fingerprint density at radius 2 is 1.75 bits per heavy atom. The van der Waals surface area contributed by atoms with E-state index in [1.54, 1.807) is 0 Å². The van der Waals surface area contributed by atoms with Crippen molar-refractivity contribution in [2.45, 2.75) is 38.6 Å². The van der Waals surface area contributed by atoms with Crippen molar-refractivity contribution in [3.63, 3.8) is 0 Å². The molecule has 1 aromatic rings. The number of hydrogen-bond acceptors (Lipinski definition) is 2. The van der Waals surface area contributed by atoms with Crippen LogP contribution in [-0.4, -0.2) is 16.0 Å². The summed E-state index contributed by atoms with van der Waals surface area (Å²) in [7, 11) is -0.993. The molecule has 3 heteroatoms. The second kappa shape index (κ2) is 5.11. The Bertz CT molecular complexity index is 365. The van der Waals surface area contributed by atoms with Crippen molar-refractivity contribution in [3.05, 3.63) is 29.8 Å². The maximum atomic E-state index is 12.0. The smallest absolute Gasteiger partial charge is 0.0545 e. The van der Waals surface area contributed by atoms with Gasteiger partial charge in [0.15, 0.2) is 0 Å². The van der Waals surface area contributed by atoms with E-state index in [-0.39, 0.29) is 11.5 Å². The van der Waals surface area contributed by atoms with Gasteiger partial charge in [-0.2, -0.15) is 0 Å². The van der Waals surface area contributed by atoms with Gasteiger partial charge in [0.2, 0.25) is 0 Å². The van der Waals surface area contributed by atoms with Gasteiger partial charge in [-0.25, -0.2) is 0 Å². The molecule has 0 amide bonds. The molecule has 1 rings (SSSR count). The lowest BCUT2D eigenvalue weighted by Gasteiger charge is -2.26. The van der Waals surface area contributed by atoms with E-state index in [4.69, 9.17) is 5.73 Å². The topological polar surface area (TPSA) is 43.1 Å². The fourth-order valence-electron chi connectivity index (χ4n) is 1.20. The molecule has 0 saturated heterocycles. The van der Waals surface area contributed by atoms with Gasteiger partial charge in [0.25, 0.3) is 0 Å². The van der Waals surface area contributed by atoms with Crippen molar-refractivity contribution in [2.24, 2.45) is 11.1 Å². The highest BCUT2D eigenvalue weighted by atomic mass is 32.2. The van der Waals surface area contributed by atoms with Gasteiger partial charge in [0.05, 0.1) is 10.8 Å². The summed E-state index contributed by atoms with van der Waals surface area (Å²) in [4.78, 5) is 0.866. The quantitative estimate of drug-likeness (QED) is 0.880. The first-order chi connectivity index (χ1) is 7.30. The number of benzene rings is 1. The minimum absolute atomic E-state index is 0.000354. The van der Waals surface area contributed by atoms with Gasteiger partial charge >= 0.3 is 0 Å². The molecule has 2 N–H and O–H groups in total. The Morgan fingerprint density at radius 1 is 1.25 bits per heavy atom. The second-order valence-corrected chi connectivity index (χ2v) is 6.79. The largest absolute Gasteiger partial charge is 0.326 e. The van der Waals surface area contributed by atoms with Crippen LogP contribution in [0.3, 0.4) is 0 Å². The lowest BCUT2D eigenvalue weighted by molar-refractivity contribution is 0.342. The van der Waals surface area contributed by atoms with Crippen molar-refractivity contribution in [1.82, 2.24) is 0 Å². The fraction of sp³-hybridized carbons (Fsp3) is 0.538. The molecule has 90 valence electrons. The van der Waals surface area contributed by atoms with Crippen LogP contribution in [0.5, 0.6) is 0 Å². The third-order valence-electron chi connectivity index (χ3n) is 2.73. The van der Waals surface area contributed by atoms with E-state index in [9.17, 15) is 4.21 Å². The molecule has 2 unspecified atom stereocenters. The maximum Gasteiger partial charge on any atom is 0.0545 e. The Morgan fingerprint density at radius 3 is 2.19 bits per heavy atom. The highest BCUT2D eigenvalue weighted by molar-refractivity contribution is 7.85. The van der Waals surface area contributed by atoms with Crippen LogP contribution < -0.4 is 5.73 Å². The molecule has 0 radical (unpaired) electrons. The second-order valence-electron chi connectivity index (χ2n) is 5.30. The van der Waals surface area contributed by atoms with Gasteiger partial charge < -0.3 is 5.73 Å². The minimum Gasteiger partial charge on any atom is -0.326 e. The Kier molecular flexibility index (Phi) is 4.28. The van der Waals surface area contributed by atoms with Crippen LogP contribution in [0.25, 0.3) is 0 Å². The lowest BCUT2D eigenvalue weighted by atomic mass is 9.89. The standard InChI is InChI=1S/C13H21NOS/c1-10-5-7-11(8-6-10)16(15)9-12(14)13(2,3)4/h5-8,12H,9,14H2,1-4H3. The zero-order chi connectivity index (χ0) is 12.3. The molecule has 0 spiro atoms. The van der Waals surface area contributed by atoms with Crippen molar-refractivity contribution in [1.29, 1.82) is 0 Å². The summed E-state index contributed by atoms with van der Waals surface area (Å²) >= 11 is 0. The molecule has 0 fully saturated rings. The fourth-order valence-corrected chi connectivity index (χ4v) is 2.66. The highest BCUT2D eigenvalue weighted by Gasteiger charge is 2.22. The van der Waals surface area contributed by atoms with Crippen molar-refractivity contribution < 1.29 is 4.21 Å². The zero-order valence-corrected chi connectivity index (χ0v) is 11.3. The van der Waals surface area contributed by atoms with Gasteiger partial charge in [-0.3, -0.25) is 4.21 Å². The van der Waals surface area contributed by atoms with Crippen molar-refractivity contribution >= 4 is 10.8 Å². The molecular weight excluding hydrogens is 218 g/mol. The van der Waals surface area contributed by atoms with Gasteiger partial charge in [0, 0.05) is 16.7 Å². The van der Waals surface area contributed by atoms with Crippen LogP contribution >= 0.6 is 0 Å². The van der Waals surface area contributed by atoms with Crippen LogP contribution in [0.2, 0.25) is 0 Å². The summed E-state index contributed by atoms with van der Waals surface area (Å²) < 4.78 is 12.0. The summed E-state index contributed by atoms with van der Waals surface area (Å²) in [5.74, 6) is 0.520. The molecule has 0 aliphatic carbocycles. The van der Waals surface area contributed by atoms with Crippen LogP contribution in [0, 0.1) is 12.3 Å². The Hall–Kier alpha value is -0.670. The molecule has 2 nitrogen and oxygen atoms in total. The molecule has 0 aromatic heterocycles. The summed E-state index contributed by atoms with van der Waals surface area (Å²) in [6.07, 6.45) is 0. The molecular formula is C13H21NOS. The number of hydrogen-bond donors (Lipinski definition) is 1. The molecule has 2 atom stereocenters. The van der Waals surface area contributed by atoms with Gasteiger partial charge in [-0.05, 0) is 24.5 Å². The maximum absolute atomic E-state index is 12.0. The number of aryl methyl sites for hydroxylation is 1. The minimum atomic E-state index is -0.993. The predicted octanol–water partition coefficient (Wildman–Crippen LogP) is 2.48. The first kappa shape index (κ1) is 13.4. The summed E-state index contributed by atoms with van der Waals surface area (Å²) in [6.45, 7) is 8.24. The lowest BCUT2D eigenvalue weighted by Crippen LogP contribution is -2.39. The van der Waals surface area contributed by atoms with Crippen LogP contribution in [0.1, 0.15) is 26.3 Å². The van der Waals surface area contributed by atoms with E-state index in [1.807, 2.05) is 31.2 Å². The average Bonchev–Trinajstić information content (AvgIpc) is 2.17. The number of rotatable bonds is 3. The van der Waals surface area contributed by atoms with Gasteiger partial charge in [-0.1, -0.05) is 38.5 Å². The molecule has 16 heavy (non-hydrogen) atoms. The highest BCUT2D eigenvalue weighted by Crippen LogP contribution is 2.19. The summed E-state index contributed by atoms with van der Waals surface area (Å²) in [6, 6.07) is 7.75. The monoisotopic (exact) mass is 239 g/mol. The summed E-state index contributed by atoms with van der Waals surface area (Å²) in [5, 5.41) is 0. The first-order valence-corrected chi connectivity index (χ1v) is 6.83. The average molecular weight is 239 g/mol. The third kappa shape index (κ3) is 3.72. The van der Waals surface area contributed by atoms with Crippen LogP contribution in [0.4, 0.5) is 0 Å². The van der Waals surface area contributed by atoms with Crippen LogP contribution in [0.15, 0.2) is 29.2 Å². The Labute approximate surface area is 101 Å². The third-order valence-corrected chi connectivity index (χ3v) is 4.19. The van der Waals surface area contributed by atoms with E-state index < -0.39 is 10.8 Å². The van der Waals surface area contributed by atoms with E-state index in [0.29, 0.717) is 5.75 Å². The van der Waals surface area contributed by atoms with E-state index in [2.05, 4.69) is 20.8 Å². The zero-order valence-electron chi connectivity index (χ0n) is 10.5. The Balaban J connectivity index is 2.70. The van der Waals surface area contributed by atoms with Crippen molar-refractivity contribution in [3.8, 4) is 0 Å². The van der Waals surface area contributed by atoms with Crippen LogP contribution in [-0.2, 0) is 10.8 Å². The van der Waals surface area contributed by atoms with Gasteiger partial charge in [-0.15, -0.1) is 0 Å². The molecule has 0 heterocycles. The predicted molar refractivity (Wildman–Crippen MR) is 69.9 cm³/mol. The first-order valence-electron chi connectivity index (χ1n) is 5.51. The van der Waals surface area contributed by atoms with Crippen molar-refractivity contribution in [2.75, 3.05) is 5.75 Å². The van der Waals surface area contributed by atoms with E-state index in [0.717, 1.165) is 4.90 Å². The molecule has 0 bridgehead atoms. The normalized spacial score (nSPS) is 15.8. The SMILES string of the molecule is Cc1ccc(S(=O)CC(N)C(C)(C)C)cc1. The molecule has 0 saturated carbocycles. The van der Waals surface area contributed by atoms with E-state index >= 15 is 0 Å². The molecule has 1 aromatic carbocycles. The summed E-state index contributed by atoms with van der Waals surface area (Å²) in [5.41, 5.74) is 7.21. The molecule has 0 aliphatic rings. The number of nitrogens with two attached hydrogens (primary N) is 1. The van der Waals surface area contributed by atoms with E-state index in [1.165, 1.54) is 5.56 Å².